The predicted molar refractivity (Wildman–Crippen MR) is 79.4 cm³/mol. The molecule has 1 aromatic carbocycles. The molecule has 0 saturated carbocycles. The molecule has 6 nitrogen and oxygen atoms in total. The van der Waals surface area contributed by atoms with E-state index in [4.69, 9.17) is 0 Å². The molecule has 2 heterocycles. The fourth-order valence-corrected chi connectivity index (χ4v) is 2.57. The summed E-state index contributed by atoms with van der Waals surface area (Å²) in [5.74, 6) is 0.292. The van der Waals surface area contributed by atoms with Gasteiger partial charge in [0.25, 0.3) is 5.91 Å². The third-order valence-corrected chi connectivity index (χ3v) is 3.71. The third kappa shape index (κ3) is 2.84. The number of hydrogen-bond donors (Lipinski definition) is 1. The molecule has 1 aliphatic rings. The molecule has 0 aliphatic carbocycles. The Labute approximate surface area is 123 Å². The second-order valence-corrected chi connectivity index (χ2v) is 5.20. The van der Waals surface area contributed by atoms with Crippen molar-refractivity contribution in [2.75, 3.05) is 31.1 Å². The molecule has 1 N–H and O–H groups in total. The van der Waals surface area contributed by atoms with E-state index < -0.39 is 0 Å². The number of hydrogen-bond acceptors (Lipinski definition) is 4. The highest BCUT2D eigenvalue weighted by atomic mass is 16.3. The van der Waals surface area contributed by atoms with Gasteiger partial charge in [-0.05, 0) is 12.1 Å². The molecule has 1 aromatic heterocycles. The first-order valence-electron chi connectivity index (χ1n) is 6.95. The lowest BCUT2D eigenvalue weighted by molar-refractivity contribution is 0.0746. The van der Waals surface area contributed by atoms with Crippen molar-refractivity contribution in [2.45, 2.75) is 0 Å². The average Bonchev–Trinajstić information content (AvgIpc) is 2.93. The van der Waals surface area contributed by atoms with Gasteiger partial charge in [-0.3, -0.25) is 9.48 Å². The van der Waals surface area contributed by atoms with Crippen molar-refractivity contribution < 1.29 is 9.90 Å². The van der Waals surface area contributed by atoms with Gasteiger partial charge in [0.1, 0.15) is 5.75 Å². The molecular formula is C15H18N4O2. The van der Waals surface area contributed by atoms with E-state index in [-0.39, 0.29) is 11.7 Å². The van der Waals surface area contributed by atoms with Crippen LogP contribution in [0.2, 0.25) is 0 Å². The minimum Gasteiger partial charge on any atom is -0.508 e. The first kappa shape index (κ1) is 13.5. The summed E-state index contributed by atoms with van der Waals surface area (Å²) < 4.78 is 1.64. The van der Waals surface area contributed by atoms with Crippen molar-refractivity contribution in [1.29, 1.82) is 0 Å². The van der Waals surface area contributed by atoms with Gasteiger partial charge in [-0.25, -0.2) is 0 Å². The largest absolute Gasteiger partial charge is 0.508 e. The van der Waals surface area contributed by atoms with Gasteiger partial charge in [-0.2, -0.15) is 5.10 Å². The zero-order valence-corrected chi connectivity index (χ0v) is 11.9. The fourth-order valence-electron chi connectivity index (χ4n) is 2.57. The first-order valence-corrected chi connectivity index (χ1v) is 6.95. The number of phenols is 1. The topological polar surface area (TPSA) is 61.6 Å². The molecule has 6 heteroatoms. The summed E-state index contributed by atoms with van der Waals surface area (Å²) >= 11 is 0. The second kappa shape index (κ2) is 5.47. The van der Waals surface area contributed by atoms with Crippen LogP contribution in [-0.4, -0.2) is 51.9 Å². The average molecular weight is 286 g/mol. The van der Waals surface area contributed by atoms with Crippen molar-refractivity contribution in [3.05, 3.63) is 42.2 Å². The van der Waals surface area contributed by atoms with E-state index in [1.165, 1.54) is 0 Å². The van der Waals surface area contributed by atoms with Crippen LogP contribution in [0, 0.1) is 0 Å². The van der Waals surface area contributed by atoms with Crippen LogP contribution in [0.5, 0.6) is 5.75 Å². The van der Waals surface area contributed by atoms with Gasteiger partial charge < -0.3 is 14.9 Å². The number of amides is 1. The number of piperazine rings is 1. The van der Waals surface area contributed by atoms with Gasteiger partial charge in [0, 0.05) is 51.2 Å². The molecule has 0 radical (unpaired) electrons. The van der Waals surface area contributed by atoms with Crippen LogP contribution in [0.4, 0.5) is 5.69 Å². The smallest absolute Gasteiger partial charge is 0.257 e. The molecule has 0 bridgehead atoms. The van der Waals surface area contributed by atoms with E-state index in [1.807, 2.05) is 17.0 Å². The van der Waals surface area contributed by atoms with Crippen molar-refractivity contribution >= 4 is 11.6 Å². The quantitative estimate of drug-likeness (QED) is 0.897. The van der Waals surface area contributed by atoms with Gasteiger partial charge >= 0.3 is 0 Å². The van der Waals surface area contributed by atoms with Gasteiger partial charge in [0.15, 0.2) is 0 Å². The van der Waals surface area contributed by atoms with E-state index in [0.29, 0.717) is 18.7 Å². The Morgan fingerprint density at radius 3 is 2.62 bits per heavy atom. The Morgan fingerprint density at radius 1 is 1.24 bits per heavy atom. The lowest BCUT2D eigenvalue weighted by atomic mass is 10.2. The molecule has 1 aliphatic heterocycles. The molecule has 1 saturated heterocycles. The third-order valence-electron chi connectivity index (χ3n) is 3.71. The number of carbonyl (C=O) groups is 1. The van der Waals surface area contributed by atoms with Gasteiger partial charge in [-0.1, -0.05) is 6.07 Å². The van der Waals surface area contributed by atoms with E-state index >= 15 is 0 Å². The molecule has 0 spiro atoms. The number of aryl methyl sites for hydroxylation is 1. The molecule has 110 valence electrons. The maximum Gasteiger partial charge on any atom is 0.257 e. The standard InChI is InChI=1S/C15H18N4O2/c1-17-11-12(10-16-17)15(21)19-7-5-18(6-8-19)13-3-2-4-14(20)9-13/h2-4,9-11,20H,5-8H2,1H3. The van der Waals surface area contributed by atoms with E-state index in [0.717, 1.165) is 18.8 Å². The van der Waals surface area contributed by atoms with Crippen LogP contribution in [-0.2, 0) is 7.05 Å². The van der Waals surface area contributed by atoms with Gasteiger partial charge in [-0.15, -0.1) is 0 Å². The number of carbonyl (C=O) groups excluding carboxylic acids is 1. The zero-order chi connectivity index (χ0) is 14.8. The van der Waals surface area contributed by atoms with Crippen LogP contribution in [0.3, 0.4) is 0 Å². The Hall–Kier alpha value is -2.50. The van der Waals surface area contributed by atoms with Gasteiger partial charge in [0.05, 0.1) is 11.8 Å². The molecule has 0 atom stereocenters. The number of aromatic hydroxyl groups is 1. The number of nitrogens with zero attached hydrogens (tertiary/aromatic N) is 4. The lowest BCUT2D eigenvalue weighted by Gasteiger charge is -2.36. The molecule has 3 rings (SSSR count). The fraction of sp³-hybridized carbons (Fsp3) is 0.333. The van der Waals surface area contributed by atoms with E-state index in [1.54, 1.807) is 36.3 Å². The SMILES string of the molecule is Cn1cc(C(=O)N2CCN(c3cccc(O)c3)CC2)cn1. The van der Waals surface area contributed by atoms with Crippen LogP contribution in [0.15, 0.2) is 36.7 Å². The number of aromatic nitrogens is 2. The minimum absolute atomic E-state index is 0.0265. The predicted octanol–water partition coefficient (Wildman–Crippen LogP) is 1.09. The van der Waals surface area contributed by atoms with Crippen molar-refractivity contribution in [3.63, 3.8) is 0 Å². The summed E-state index contributed by atoms with van der Waals surface area (Å²) in [4.78, 5) is 16.3. The van der Waals surface area contributed by atoms with Crippen LogP contribution in [0.25, 0.3) is 0 Å². The summed E-state index contributed by atoms with van der Waals surface area (Å²) in [7, 11) is 1.80. The Kier molecular flexibility index (Phi) is 3.51. The molecule has 1 fully saturated rings. The van der Waals surface area contributed by atoms with Gasteiger partial charge in [0.2, 0.25) is 0 Å². The maximum absolute atomic E-state index is 12.3. The molecule has 21 heavy (non-hydrogen) atoms. The second-order valence-electron chi connectivity index (χ2n) is 5.20. The van der Waals surface area contributed by atoms with Crippen LogP contribution >= 0.6 is 0 Å². The van der Waals surface area contributed by atoms with Crippen LogP contribution in [0.1, 0.15) is 10.4 Å². The number of anilines is 1. The Balaban J connectivity index is 1.64. The normalized spacial score (nSPS) is 15.3. The molecular weight excluding hydrogens is 268 g/mol. The first-order chi connectivity index (χ1) is 10.1. The number of rotatable bonds is 2. The maximum atomic E-state index is 12.3. The zero-order valence-electron chi connectivity index (χ0n) is 11.9. The summed E-state index contributed by atoms with van der Waals surface area (Å²) in [6, 6.07) is 7.21. The highest BCUT2D eigenvalue weighted by Crippen LogP contribution is 2.21. The summed E-state index contributed by atoms with van der Waals surface area (Å²) in [5, 5.41) is 13.6. The van der Waals surface area contributed by atoms with Crippen molar-refractivity contribution in [2.24, 2.45) is 7.05 Å². The molecule has 1 amide bonds. The monoisotopic (exact) mass is 286 g/mol. The number of phenolic OH excluding ortho intramolecular Hbond substituents is 1. The van der Waals surface area contributed by atoms with E-state index in [2.05, 4.69) is 10.00 Å². The molecule has 2 aromatic rings. The highest BCUT2D eigenvalue weighted by Gasteiger charge is 2.23. The minimum atomic E-state index is 0.0265. The summed E-state index contributed by atoms with van der Waals surface area (Å²) in [6.45, 7) is 2.86. The molecule has 0 unspecified atom stereocenters. The lowest BCUT2D eigenvalue weighted by Crippen LogP contribution is -2.48. The Morgan fingerprint density at radius 2 is 2.00 bits per heavy atom. The van der Waals surface area contributed by atoms with Crippen LogP contribution < -0.4 is 4.90 Å². The van der Waals surface area contributed by atoms with Crippen molar-refractivity contribution in [3.8, 4) is 5.75 Å². The number of benzene rings is 1. The summed E-state index contributed by atoms with van der Waals surface area (Å²) in [6.07, 6.45) is 3.34. The van der Waals surface area contributed by atoms with Crippen molar-refractivity contribution in [1.82, 2.24) is 14.7 Å². The highest BCUT2D eigenvalue weighted by molar-refractivity contribution is 5.93. The summed E-state index contributed by atoms with van der Waals surface area (Å²) in [5.41, 5.74) is 1.62. The van der Waals surface area contributed by atoms with E-state index in [9.17, 15) is 9.90 Å². The Bertz CT molecular complexity index is 645.